The van der Waals surface area contributed by atoms with Crippen LogP contribution in [0.3, 0.4) is 0 Å². The van der Waals surface area contributed by atoms with Gasteiger partial charge in [-0.15, -0.1) is 0 Å². The van der Waals surface area contributed by atoms with E-state index in [0.29, 0.717) is 50.6 Å². The summed E-state index contributed by atoms with van der Waals surface area (Å²) in [6.07, 6.45) is 5.15. The average molecular weight is 545 g/mol. The van der Waals surface area contributed by atoms with Crippen molar-refractivity contribution < 1.29 is 29.0 Å². The van der Waals surface area contributed by atoms with Crippen molar-refractivity contribution in [2.75, 3.05) is 66.7 Å². The quantitative estimate of drug-likeness (QED) is 0.357. The molecule has 0 bridgehead atoms. The Kier molecular flexibility index (Phi) is 10.1. The maximum absolute atomic E-state index is 13.7. The molecule has 216 valence electrons. The summed E-state index contributed by atoms with van der Waals surface area (Å²) in [4.78, 5) is 46.8. The second-order valence-electron chi connectivity index (χ2n) is 11.3. The van der Waals surface area contributed by atoms with E-state index in [4.69, 9.17) is 9.47 Å². The summed E-state index contributed by atoms with van der Waals surface area (Å²) in [5, 5.41) is 10.4. The molecule has 0 spiro atoms. The van der Waals surface area contributed by atoms with Crippen LogP contribution in [0, 0.1) is 5.92 Å². The standard InChI is InChI=1S/C29H44N4O6/c1-4-5-13-31(14-7-6-12-30(2)3)27(35)19-33-17-22(21-10-11-24-25(16-21)39-20-38-24)28(29(36)37)23(33)18-32-15-8-9-26(32)34/h10-11,16,22-23,28H,4-9,12-15,17-20H2,1-3H3,(H,36,37)/t22-,23+,28?/m1/s1. The van der Waals surface area contributed by atoms with Crippen molar-refractivity contribution in [1.82, 2.24) is 19.6 Å². The molecule has 2 amide bonds. The summed E-state index contributed by atoms with van der Waals surface area (Å²) in [6, 6.07) is 5.13. The number of carboxylic acids is 1. The van der Waals surface area contributed by atoms with Crippen LogP contribution in [0.5, 0.6) is 11.5 Å². The highest BCUT2D eigenvalue weighted by Crippen LogP contribution is 2.42. The first-order chi connectivity index (χ1) is 18.8. The largest absolute Gasteiger partial charge is 0.481 e. The maximum atomic E-state index is 13.7. The lowest BCUT2D eigenvalue weighted by Crippen LogP contribution is -2.49. The van der Waals surface area contributed by atoms with Gasteiger partial charge in [0.05, 0.1) is 12.5 Å². The number of amides is 2. The molecule has 2 saturated heterocycles. The van der Waals surface area contributed by atoms with Crippen LogP contribution in [-0.2, 0) is 14.4 Å². The lowest BCUT2D eigenvalue weighted by Gasteiger charge is -2.32. The number of aliphatic carboxylic acids is 1. The zero-order chi connectivity index (χ0) is 27.9. The number of rotatable bonds is 14. The van der Waals surface area contributed by atoms with Crippen LogP contribution in [0.1, 0.15) is 56.9 Å². The van der Waals surface area contributed by atoms with Crippen LogP contribution in [0.25, 0.3) is 0 Å². The summed E-state index contributed by atoms with van der Waals surface area (Å²) in [5.74, 6) is -0.649. The molecule has 0 aromatic heterocycles. The van der Waals surface area contributed by atoms with Gasteiger partial charge in [-0.05, 0) is 64.0 Å². The number of unbranched alkanes of at least 4 members (excludes halogenated alkanes) is 2. The number of carbonyl (C=O) groups excluding carboxylic acids is 2. The molecule has 3 aliphatic rings. The number of carbonyl (C=O) groups is 3. The van der Waals surface area contributed by atoms with E-state index in [9.17, 15) is 19.5 Å². The van der Waals surface area contributed by atoms with Crippen LogP contribution in [0.2, 0.25) is 0 Å². The van der Waals surface area contributed by atoms with Gasteiger partial charge in [0.1, 0.15) is 0 Å². The third-order valence-electron chi connectivity index (χ3n) is 8.19. The molecule has 1 unspecified atom stereocenters. The molecule has 0 aliphatic carbocycles. The predicted molar refractivity (Wildman–Crippen MR) is 147 cm³/mol. The topological polar surface area (TPSA) is 103 Å². The van der Waals surface area contributed by atoms with Gasteiger partial charge in [-0.1, -0.05) is 19.4 Å². The van der Waals surface area contributed by atoms with Crippen LogP contribution < -0.4 is 9.47 Å². The third kappa shape index (κ3) is 7.22. The average Bonchev–Trinajstić information content (AvgIpc) is 3.62. The second-order valence-corrected chi connectivity index (χ2v) is 11.3. The maximum Gasteiger partial charge on any atom is 0.308 e. The molecule has 3 heterocycles. The molecule has 0 saturated carbocycles. The fourth-order valence-electron chi connectivity index (χ4n) is 6.04. The molecule has 39 heavy (non-hydrogen) atoms. The van der Waals surface area contributed by atoms with Crippen LogP contribution in [0.4, 0.5) is 0 Å². The van der Waals surface area contributed by atoms with Gasteiger partial charge in [-0.2, -0.15) is 0 Å². The molecule has 0 radical (unpaired) electrons. The molecular formula is C29H44N4O6. The number of likely N-dealkylation sites (tertiary alicyclic amines) is 2. The molecule has 1 aromatic carbocycles. The Morgan fingerprint density at radius 2 is 1.82 bits per heavy atom. The smallest absolute Gasteiger partial charge is 0.308 e. The van der Waals surface area contributed by atoms with Gasteiger partial charge in [0.25, 0.3) is 0 Å². The van der Waals surface area contributed by atoms with E-state index in [0.717, 1.165) is 44.2 Å². The minimum absolute atomic E-state index is 0.0292. The molecule has 10 nitrogen and oxygen atoms in total. The van der Waals surface area contributed by atoms with Gasteiger partial charge in [-0.25, -0.2) is 0 Å². The first kappa shape index (κ1) is 29.1. The van der Waals surface area contributed by atoms with E-state index < -0.39 is 17.9 Å². The molecule has 1 aromatic rings. The van der Waals surface area contributed by atoms with E-state index in [2.05, 4.69) is 11.8 Å². The van der Waals surface area contributed by atoms with Crippen molar-refractivity contribution in [3.05, 3.63) is 23.8 Å². The first-order valence-electron chi connectivity index (χ1n) is 14.3. The third-order valence-corrected chi connectivity index (χ3v) is 8.19. The number of carboxylic acid groups (broad SMARTS) is 1. The van der Waals surface area contributed by atoms with E-state index in [1.807, 2.05) is 42.1 Å². The normalized spacial score (nSPS) is 22.7. The van der Waals surface area contributed by atoms with Crippen molar-refractivity contribution >= 4 is 17.8 Å². The van der Waals surface area contributed by atoms with Crippen LogP contribution >= 0.6 is 0 Å². The lowest BCUT2D eigenvalue weighted by atomic mass is 9.85. The molecular weight excluding hydrogens is 500 g/mol. The first-order valence-corrected chi connectivity index (χ1v) is 14.3. The van der Waals surface area contributed by atoms with Crippen molar-refractivity contribution in [1.29, 1.82) is 0 Å². The van der Waals surface area contributed by atoms with Crippen molar-refractivity contribution in [2.45, 2.75) is 57.4 Å². The molecule has 2 fully saturated rings. The lowest BCUT2D eigenvalue weighted by molar-refractivity contribution is -0.144. The zero-order valence-corrected chi connectivity index (χ0v) is 23.6. The monoisotopic (exact) mass is 544 g/mol. The summed E-state index contributed by atoms with van der Waals surface area (Å²) in [5.41, 5.74) is 0.853. The fraction of sp³-hybridized carbons (Fsp3) is 0.690. The number of benzene rings is 1. The summed E-state index contributed by atoms with van der Waals surface area (Å²) >= 11 is 0. The highest BCUT2D eigenvalue weighted by molar-refractivity contribution is 5.80. The Morgan fingerprint density at radius 3 is 2.51 bits per heavy atom. The minimum Gasteiger partial charge on any atom is -0.481 e. The number of nitrogens with zero attached hydrogens (tertiary/aromatic N) is 4. The predicted octanol–water partition coefficient (Wildman–Crippen LogP) is 2.48. The van der Waals surface area contributed by atoms with Crippen LogP contribution in [0.15, 0.2) is 18.2 Å². The Hall–Kier alpha value is -2.85. The van der Waals surface area contributed by atoms with Crippen LogP contribution in [-0.4, -0.2) is 115 Å². The van der Waals surface area contributed by atoms with E-state index in [-0.39, 0.29) is 31.1 Å². The molecule has 4 rings (SSSR count). The fourth-order valence-corrected chi connectivity index (χ4v) is 6.04. The molecule has 3 atom stereocenters. The Labute approximate surface area is 231 Å². The Bertz CT molecular complexity index is 1020. The van der Waals surface area contributed by atoms with Gasteiger partial charge in [0.2, 0.25) is 18.6 Å². The Morgan fingerprint density at radius 1 is 1.08 bits per heavy atom. The minimum atomic E-state index is -0.907. The summed E-state index contributed by atoms with van der Waals surface area (Å²) < 4.78 is 11.0. The van der Waals surface area contributed by atoms with Crippen molar-refractivity contribution in [2.24, 2.45) is 5.92 Å². The number of hydrogen-bond acceptors (Lipinski definition) is 7. The van der Waals surface area contributed by atoms with E-state index in [1.54, 1.807) is 4.90 Å². The Balaban J connectivity index is 1.55. The SMILES string of the molecule is CCCCN(CCCCN(C)C)C(=O)CN1C[C@H](c2ccc3c(c2)OCO3)C(C(=O)O)[C@@H]1CN1CCCC1=O. The summed E-state index contributed by atoms with van der Waals surface area (Å²) in [6.45, 7) is 6.17. The van der Waals surface area contributed by atoms with E-state index >= 15 is 0 Å². The molecule has 1 N–H and O–H groups in total. The van der Waals surface area contributed by atoms with E-state index in [1.165, 1.54) is 0 Å². The van der Waals surface area contributed by atoms with Gasteiger partial charge in [-0.3, -0.25) is 19.3 Å². The van der Waals surface area contributed by atoms with Gasteiger partial charge < -0.3 is 29.3 Å². The highest BCUT2D eigenvalue weighted by atomic mass is 16.7. The summed E-state index contributed by atoms with van der Waals surface area (Å²) in [7, 11) is 4.10. The van der Waals surface area contributed by atoms with Gasteiger partial charge in [0.15, 0.2) is 11.5 Å². The number of ether oxygens (including phenoxy) is 2. The van der Waals surface area contributed by atoms with Crippen molar-refractivity contribution in [3.8, 4) is 11.5 Å². The highest BCUT2D eigenvalue weighted by Gasteiger charge is 2.48. The molecule has 3 aliphatic heterocycles. The van der Waals surface area contributed by atoms with Gasteiger partial charge in [0, 0.05) is 51.1 Å². The second kappa shape index (κ2) is 13.5. The molecule has 10 heteroatoms. The van der Waals surface area contributed by atoms with Crippen molar-refractivity contribution in [3.63, 3.8) is 0 Å². The number of hydrogen-bond donors (Lipinski definition) is 1. The van der Waals surface area contributed by atoms with Gasteiger partial charge >= 0.3 is 5.97 Å². The zero-order valence-electron chi connectivity index (χ0n) is 23.6. The number of fused-ring (bicyclic) bond motifs is 1.